The number of hydrogen-bond acceptors (Lipinski definition) is 5. The maximum Gasteiger partial charge on any atom is 0.416 e. The van der Waals surface area contributed by atoms with E-state index in [0.717, 1.165) is 37.0 Å². The lowest BCUT2D eigenvalue weighted by atomic mass is 9.85. The number of aromatic nitrogens is 1. The molecule has 2 saturated carbocycles. The van der Waals surface area contributed by atoms with Crippen LogP contribution >= 0.6 is 22.6 Å². The van der Waals surface area contributed by atoms with Gasteiger partial charge in [0.05, 0.1) is 25.9 Å². The summed E-state index contributed by atoms with van der Waals surface area (Å²) in [6.45, 7) is 0.812. The maximum atomic E-state index is 13.5. The topological polar surface area (TPSA) is 69.7 Å². The molecule has 0 radical (unpaired) electrons. The number of hydrogen-bond donors (Lipinski definition) is 1. The van der Waals surface area contributed by atoms with Crippen LogP contribution in [0.25, 0.3) is 0 Å². The molecule has 212 valence electrons. The number of carbonyl (C=O) groups excluding carboxylic acids is 1. The zero-order valence-corrected chi connectivity index (χ0v) is 24.1. The van der Waals surface area contributed by atoms with Crippen LogP contribution < -0.4 is 14.8 Å². The Morgan fingerprint density at radius 3 is 2.52 bits per heavy atom. The molecule has 40 heavy (non-hydrogen) atoms. The van der Waals surface area contributed by atoms with Crippen molar-refractivity contribution >= 4 is 28.5 Å². The molecule has 0 spiro atoms. The number of amides is 1. The summed E-state index contributed by atoms with van der Waals surface area (Å²) in [4.78, 5) is 18.0. The minimum absolute atomic E-state index is 0.0407. The number of nitrogens with zero attached hydrogens (tertiary/aromatic N) is 1. The normalized spacial score (nSPS) is 21.8. The van der Waals surface area contributed by atoms with Crippen LogP contribution in [0.5, 0.6) is 11.5 Å². The highest BCUT2D eigenvalue weighted by Gasteiger charge is 2.47. The molecular formula is C30H30F3IN2O4. The molecule has 1 aromatic heterocycles. The zero-order chi connectivity index (χ0) is 28.3. The Hall–Kier alpha value is -2.86. The van der Waals surface area contributed by atoms with Crippen LogP contribution in [-0.4, -0.2) is 30.6 Å². The third-order valence-corrected chi connectivity index (χ3v) is 8.24. The summed E-state index contributed by atoms with van der Waals surface area (Å²) in [6.07, 6.45) is -1.53. The predicted molar refractivity (Wildman–Crippen MR) is 151 cm³/mol. The highest BCUT2D eigenvalue weighted by atomic mass is 127. The van der Waals surface area contributed by atoms with Crippen molar-refractivity contribution in [1.82, 2.24) is 10.3 Å². The average molecular weight is 666 g/mol. The quantitative estimate of drug-likeness (QED) is 0.194. The van der Waals surface area contributed by atoms with E-state index in [1.165, 1.54) is 13.2 Å². The van der Waals surface area contributed by atoms with Gasteiger partial charge < -0.3 is 19.5 Å². The average Bonchev–Trinajstić information content (AvgIpc) is 3.52. The first kappa shape index (κ1) is 28.7. The summed E-state index contributed by atoms with van der Waals surface area (Å²) in [6, 6.07) is 16.6. The second kappa shape index (κ2) is 12.3. The van der Waals surface area contributed by atoms with Crippen molar-refractivity contribution in [2.24, 2.45) is 17.8 Å². The number of pyridine rings is 1. The van der Waals surface area contributed by atoms with Gasteiger partial charge in [-0.1, -0.05) is 42.5 Å². The number of rotatable bonds is 10. The Labute approximate surface area is 244 Å². The zero-order valence-electron chi connectivity index (χ0n) is 21.9. The van der Waals surface area contributed by atoms with E-state index in [9.17, 15) is 18.0 Å². The van der Waals surface area contributed by atoms with Gasteiger partial charge in [0.15, 0.2) is 17.2 Å². The van der Waals surface area contributed by atoms with Crippen LogP contribution in [0.2, 0.25) is 0 Å². The van der Waals surface area contributed by atoms with Gasteiger partial charge in [0.2, 0.25) is 0 Å². The first-order chi connectivity index (χ1) is 19.2. The van der Waals surface area contributed by atoms with Crippen molar-refractivity contribution in [3.05, 3.63) is 86.7 Å². The van der Waals surface area contributed by atoms with Gasteiger partial charge in [0, 0.05) is 12.1 Å². The van der Waals surface area contributed by atoms with Crippen LogP contribution in [0, 0.1) is 21.5 Å². The molecule has 3 aromatic rings. The third-order valence-electron chi connectivity index (χ3n) is 7.69. The van der Waals surface area contributed by atoms with Crippen LogP contribution in [-0.2, 0) is 24.1 Å². The molecule has 3 unspecified atom stereocenters. The number of halogens is 4. The molecule has 10 heteroatoms. The maximum absolute atomic E-state index is 13.5. The Morgan fingerprint density at radius 1 is 1.02 bits per heavy atom. The molecule has 2 aromatic carbocycles. The van der Waals surface area contributed by atoms with E-state index in [0.29, 0.717) is 33.3 Å². The fourth-order valence-corrected chi connectivity index (χ4v) is 6.43. The lowest BCUT2D eigenvalue weighted by Crippen LogP contribution is -2.42. The minimum Gasteiger partial charge on any atom is -0.493 e. The van der Waals surface area contributed by atoms with Gasteiger partial charge in [-0.05, 0) is 82.9 Å². The molecule has 0 saturated heterocycles. The number of alkyl halides is 3. The van der Waals surface area contributed by atoms with Gasteiger partial charge in [-0.3, -0.25) is 4.79 Å². The van der Waals surface area contributed by atoms with Crippen molar-refractivity contribution in [3.8, 4) is 11.5 Å². The van der Waals surface area contributed by atoms with E-state index in [1.807, 2.05) is 30.3 Å². The van der Waals surface area contributed by atoms with Crippen molar-refractivity contribution in [2.75, 3.05) is 13.7 Å². The molecule has 4 atom stereocenters. The number of nitrogens with one attached hydrogen (secondary N) is 1. The highest BCUT2D eigenvalue weighted by molar-refractivity contribution is 14.1. The SMILES string of the molecule is COc1cc(I)nc(C(=O)NC2CC3CC2[C@@H](COCc2cccc(C(F)(F)F)c2)C3)c1OCc1ccccc1. The van der Waals surface area contributed by atoms with Gasteiger partial charge in [-0.25, -0.2) is 4.98 Å². The second-order valence-electron chi connectivity index (χ2n) is 10.4. The van der Waals surface area contributed by atoms with E-state index in [2.05, 4.69) is 32.9 Å². The predicted octanol–water partition coefficient (Wildman–Crippen LogP) is 6.65. The Morgan fingerprint density at radius 2 is 1.80 bits per heavy atom. The number of carbonyl (C=O) groups is 1. The molecule has 1 N–H and O–H groups in total. The smallest absolute Gasteiger partial charge is 0.416 e. The number of methoxy groups -OCH3 is 1. The summed E-state index contributed by atoms with van der Waals surface area (Å²) >= 11 is 2.05. The second-order valence-corrected chi connectivity index (χ2v) is 11.5. The lowest BCUT2D eigenvalue weighted by molar-refractivity contribution is -0.137. The van der Waals surface area contributed by atoms with Crippen LogP contribution in [0.1, 0.15) is 46.4 Å². The lowest BCUT2D eigenvalue weighted by Gasteiger charge is -2.30. The summed E-state index contributed by atoms with van der Waals surface area (Å²) in [7, 11) is 1.53. The van der Waals surface area contributed by atoms with Gasteiger partial charge in [0.1, 0.15) is 10.3 Å². The number of ether oxygens (including phenoxy) is 3. The fourth-order valence-electron chi connectivity index (χ4n) is 5.91. The van der Waals surface area contributed by atoms with Crippen LogP contribution in [0.3, 0.4) is 0 Å². The Bertz CT molecular complexity index is 1340. The van der Waals surface area contributed by atoms with Gasteiger partial charge >= 0.3 is 6.18 Å². The van der Waals surface area contributed by atoms with E-state index >= 15 is 0 Å². The van der Waals surface area contributed by atoms with E-state index < -0.39 is 11.7 Å². The van der Waals surface area contributed by atoms with Gasteiger partial charge in [-0.2, -0.15) is 13.2 Å². The van der Waals surface area contributed by atoms with Crippen molar-refractivity contribution in [3.63, 3.8) is 0 Å². The minimum atomic E-state index is -4.38. The Kier molecular flexibility index (Phi) is 8.84. The third kappa shape index (κ3) is 6.71. The molecule has 2 aliphatic carbocycles. The Balaban J connectivity index is 1.22. The number of benzene rings is 2. The number of fused-ring (bicyclic) bond motifs is 2. The van der Waals surface area contributed by atoms with Crippen LogP contribution in [0.15, 0.2) is 60.7 Å². The largest absolute Gasteiger partial charge is 0.493 e. The van der Waals surface area contributed by atoms with Crippen molar-refractivity contribution in [2.45, 2.75) is 44.7 Å². The molecule has 6 nitrogen and oxygen atoms in total. The molecule has 1 heterocycles. The highest BCUT2D eigenvalue weighted by Crippen LogP contribution is 2.49. The summed E-state index contributed by atoms with van der Waals surface area (Å²) < 4.78 is 57.1. The molecule has 5 rings (SSSR count). The summed E-state index contributed by atoms with van der Waals surface area (Å²) in [5, 5.41) is 3.19. The molecule has 2 aliphatic rings. The first-order valence-corrected chi connectivity index (χ1v) is 14.2. The van der Waals surface area contributed by atoms with Crippen LogP contribution in [0.4, 0.5) is 13.2 Å². The molecule has 2 fully saturated rings. The molecule has 1 amide bonds. The monoisotopic (exact) mass is 666 g/mol. The standard InChI is InChI=1S/C30H30F3IN2O4/c1-38-25-14-26(34)36-27(28(25)40-16-18-6-3-2-4-7-18)29(37)35-24-13-20-10-21(23(24)12-20)17-39-15-19-8-5-9-22(11-19)30(31,32)33/h2-9,11,14,20-21,23-24H,10,12-13,15-17H2,1H3,(H,35,37)/t20?,21-,23?,24?/m1/s1. The van der Waals surface area contributed by atoms with E-state index in [4.69, 9.17) is 14.2 Å². The molecular weight excluding hydrogens is 636 g/mol. The van der Waals surface area contributed by atoms with Crippen molar-refractivity contribution in [1.29, 1.82) is 0 Å². The summed E-state index contributed by atoms with van der Waals surface area (Å²) in [5.74, 6) is 1.35. The van der Waals surface area contributed by atoms with Gasteiger partial charge in [0.25, 0.3) is 5.91 Å². The van der Waals surface area contributed by atoms with E-state index in [1.54, 1.807) is 12.1 Å². The molecule has 2 bridgehead atoms. The van der Waals surface area contributed by atoms with E-state index in [-0.39, 0.29) is 42.7 Å². The van der Waals surface area contributed by atoms with Gasteiger partial charge in [-0.15, -0.1) is 0 Å². The fraction of sp³-hybridized carbons (Fsp3) is 0.400. The molecule has 0 aliphatic heterocycles. The van der Waals surface area contributed by atoms with Crippen molar-refractivity contribution < 1.29 is 32.2 Å². The summed E-state index contributed by atoms with van der Waals surface area (Å²) in [5.41, 5.74) is 0.948. The first-order valence-electron chi connectivity index (χ1n) is 13.2.